The Kier molecular flexibility index (Phi) is 7.45. The summed E-state index contributed by atoms with van der Waals surface area (Å²) in [5, 5.41) is 16.4. The van der Waals surface area contributed by atoms with E-state index in [1.165, 1.54) is 6.21 Å². The van der Waals surface area contributed by atoms with E-state index in [9.17, 15) is 14.7 Å². The van der Waals surface area contributed by atoms with E-state index in [-0.39, 0.29) is 10.8 Å². The van der Waals surface area contributed by atoms with Gasteiger partial charge >= 0.3 is 0 Å². The third-order valence-electron chi connectivity index (χ3n) is 2.99. The van der Waals surface area contributed by atoms with Crippen LogP contribution in [0.3, 0.4) is 0 Å². The van der Waals surface area contributed by atoms with E-state index in [1.54, 1.807) is 30.3 Å². The number of carbonyl (C=O) groups excluding carboxylic acids is 2. The Balaban J connectivity index is 1.90. The monoisotopic (exact) mass is 521 g/mol. The molecule has 0 saturated heterocycles. The molecule has 2 aromatic rings. The second kappa shape index (κ2) is 9.36. The first-order valence-electron chi connectivity index (χ1n) is 7.01. The van der Waals surface area contributed by atoms with E-state index in [0.717, 1.165) is 0 Å². The van der Waals surface area contributed by atoms with Crippen molar-refractivity contribution in [2.45, 2.75) is 6.42 Å². The van der Waals surface area contributed by atoms with Gasteiger partial charge in [0.25, 0.3) is 0 Å². The summed E-state index contributed by atoms with van der Waals surface area (Å²) in [6.45, 7) is 0. The van der Waals surface area contributed by atoms with Crippen LogP contribution in [0, 0.1) is 0 Å². The largest absolute Gasteiger partial charge is 0.506 e. The fourth-order valence-electron chi connectivity index (χ4n) is 1.82. The zero-order valence-electron chi connectivity index (χ0n) is 12.9. The molecule has 10 heteroatoms. The lowest BCUT2D eigenvalue weighted by Crippen LogP contribution is -2.24. The third kappa shape index (κ3) is 5.70. The van der Waals surface area contributed by atoms with E-state index in [1.807, 2.05) is 0 Å². The van der Waals surface area contributed by atoms with Crippen molar-refractivity contribution in [2.24, 2.45) is 5.10 Å². The first-order valence-corrected chi connectivity index (χ1v) is 9.36. The van der Waals surface area contributed by atoms with Crippen LogP contribution in [0.2, 0.25) is 10.0 Å². The fourth-order valence-corrected chi connectivity index (χ4v) is 3.39. The summed E-state index contributed by atoms with van der Waals surface area (Å²) in [6, 6.07) is 8.01. The van der Waals surface area contributed by atoms with Crippen LogP contribution in [0.4, 0.5) is 5.69 Å². The maximum absolute atomic E-state index is 11.9. The van der Waals surface area contributed by atoms with Crippen molar-refractivity contribution >= 4 is 78.8 Å². The number of phenols is 1. The minimum absolute atomic E-state index is 0.0579. The Hall–Kier alpha value is -1.61. The molecule has 2 rings (SSSR count). The minimum atomic E-state index is -0.603. The summed E-state index contributed by atoms with van der Waals surface area (Å²) in [6.07, 6.45) is 0.932. The molecule has 2 aromatic carbocycles. The van der Waals surface area contributed by atoms with Gasteiger partial charge in [0, 0.05) is 0 Å². The molecule has 0 aliphatic heterocycles. The fraction of sp³-hybridized carbons (Fsp3) is 0.0625. The van der Waals surface area contributed by atoms with Crippen LogP contribution in [-0.4, -0.2) is 23.1 Å². The maximum atomic E-state index is 11.9. The highest BCUT2D eigenvalue weighted by atomic mass is 79.9. The van der Waals surface area contributed by atoms with E-state index >= 15 is 0 Å². The first kappa shape index (κ1) is 20.7. The molecule has 0 bridgehead atoms. The van der Waals surface area contributed by atoms with Gasteiger partial charge in [-0.15, -0.1) is 0 Å². The number of nitrogens with zero attached hydrogens (tertiary/aromatic N) is 1. The normalized spacial score (nSPS) is 10.8. The van der Waals surface area contributed by atoms with Gasteiger partial charge in [-0.1, -0.05) is 29.3 Å². The molecule has 0 radical (unpaired) electrons. The van der Waals surface area contributed by atoms with Crippen LogP contribution in [0.5, 0.6) is 5.75 Å². The predicted octanol–water partition coefficient (Wildman–Crippen LogP) is 4.70. The molecule has 0 aromatic heterocycles. The second-order valence-electron chi connectivity index (χ2n) is 4.95. The van der Waals surface area contributed by atoms with Gasteiger partial charge in [0.2, 0.25) is 11.8 Å². The van der Waals surface area contributed by atoms with Crippen molar-refractivity contribution in [2.75, 3.05) is 5.32 Å². The zero-order chi connectivity index (χ0) is 19.3. The molecule has 0 fully saturated rings. The maximum Gasteiger partial charge on any atom is 0.249 e. The van der Waals surface area contributed by atoms with Gasteiger partial charge in [0.15, 0.2) is 0 Å². The number of hydrogen-bond donors (Lipinski definition) is 3. The van der Waals surface area contributed by atoms with Crippen LogP contribution in [0.15, 0.2) is 44.4 Å². The molecule has 0 aliphatic carbocycles. The van der Waals surface area contributed by atoms with Crippen LogP contribution in [0.25, 0.3) is 0 Å². The summed E-state index contributed by atoms with van der Waals surface area (Å²) in [4.78, 5) is 23.7. The predicted molar refractivity (Wildman–Crippen MR) is 109 cm³/mol. The number of rotatable bonds is 5. The van der Waals surface area contributed by atoms with E-state index in [4.69, 9.17) is 23.2 Å². The Morgan fingerprint density at radius 3 is 2.46 bits per heavy atom. The van der Waals surface area contributed by atoms with Gasteiger partial charge < -0.3 is 10.4 Å². The van der Waals surface area contributed by atoms with Crippen molar-refractivity contribution < 1.29 is 14.7 Å². The average Bonchev–Trinajstić information content (AvgIpc) is 2.56. The lowest BCUT2D eigenvalue weighted by molar-refractivity contribution is -0.126. The van der Waals surface area contributed by atoms with Crippen molar-refractivity contribution in [1.29, 1.82) is 0 Å². The molecule has 26 heavy (non-hydrogen) atoms. The lowest BCUT2D eigenvalue weighted by Gasteiger charge is -2.07. The number of hydrogen-bond acceptors (Lipinski definition) is 4. The quantitative estimate of drug-likeness (QED) is 0.301. The van der Waals surface area contributed by atoms with Crippen molar-refractivity contribution in [3.05, 3.63) is 54.9 Å². The standard InChI is InChI=1S/C16H11Br2Cl2N3O3/c17-9-4-8(5-10(18)16(9)26)7-21-23-14(25)6-13(24)22-12-3-1-2-11(19)15(12)20/h1-5,7,26H,6H2,(H,22,24)(H,23,25)/b21-7+. The Morgan fingerprint density at radius 2 is 1.81 bits per heavy atom. The molecular weight excluding hydrogens is 513 g/mol. The summed E-state index contributed by atoms with van der Waals surface area (Å²) >= 11 is 18.2. The summed E-state index contributed by atoms with van der Waals surface area (Å²) in [5.74, 6) is -1.10. The summed E-state index contributed by atoms with van der Waals surface area (Å²) in [7, 11) is 0. The van der Waals surface area contributed by atoms with Crippen molar-refractivity contribution in [1.82, 2.24) is 5.43 Å². The molecule has 0 heterocycles. The van der Waals surface area contributed by atoms with Gasteiger partial charge in [0.05, 0.1) is 30.9 Å². The minimum Gasteiger partial charge on any atom is -0.506 e. The van der Waals surface area contributed by atoms with E-state index in [0.29, 0.717) is 25.2 Å². The highest BCUT2D eigenvalue weighted by molar-refractivity contribution is 9.11. The second-order valence-corrected chi connectivity index (χ2v) is 7.45. The van der Waals surface area contributed by atoms with Crippen LogP contribution in [-0.2, 0) is 9.59 Å². The van der Waals surface area contributed by atoms with Crippen LogP contribution in [0.1, 0.15) is 12.0 Å². The Labute approximate surface area is 175 Å². The number of halogens is 4. The van der Waals surface area contributed by atoms with Crippen molar-refractivity contribution in [3.8, 4) is 5.75 Å². The molecule has 136 valence electrons. The molecule has 0 aliphatic rings. The molecule has 0 saturated carbocycles. The topological polar surface area (TPSA) is 90.8 Å². The molecular formula is C16H11Br2Cl2N3O3. The highest BCUT2D eigenvalue weighted by Crippen LogP contribution is 2.32. The molecule has 3 N–H and O–H groups in total. The van der Waals surface area contributed by atoms with Crippen LogP contribution < -0.4 is 10.7 Å². The number of carbonyl (C=O) groups is 2. The van der Waals surface area contributed by atoms with Gasteiger partial charge in [-0.05, 0) is 61.7 Å². The molecule has 0 spiro atoms. The summed E-state index contributed by atoms with van der Waals surface area (Å²) < 4.78 is 0.940. The third-order valence-corrected chi connectivity index (χ3v) is 5.02. The molecule has 6 nitrogen and oxygen atoms in total. The summed E-state index contributed by atoms with van der Waals surface area (Å²) in [5.41, 5.74) is 3.19. The molecule has 0 unspecified atom stereocenters. The number of amides is 2. The van der Waals surface area contributed by atoms with Gasteiger partial charge in [-0.2, -0.15) is 5.10 Å². The zero-order valence-corrected chi connectivity index (χ0v) is 17.6. The number of hydrazone groups is 1. The number of benzene rings is 2. The van der Waals surface area contributed by atoms with Crippen molar-refractivity contribution in [3.63, 3.8) is 0 Å². The number of anilines is 1. The van der Waals surface area contributed by atoms with Gasteiger partial charge in [-0.3, -0.25) is 9.59 Å². The first-order chi connectivity index (χ1) is 12.3. The molecule has 0 atom stereocenters. The highest BCUT2D eigenvalue weighted by Gasteiger charge is 2.12. The van der Waals surface area contributed by atoms with Gasteiger partial charge in [-0.25, -0.2) is 5.43 Å². The SMILES string of the molecule is O=C(CC(=O)Nc1cccc(Cl)c1Cl)N/N=C/c1cc(Br)c(O)c(Br)c1. The number of nitrogens with one attached hydrogen (secondary N) is 2. The molecule has 2 amide bonds. The Morgan fingerprint density at radius 1 is 1.15 bits per heavy atom. The van der Waals surface area contributed by atoms with E-state index < -0.39 is 18.2 Å². The smallest absolute Gasteiger partial charge is 0.249 e. The van der Waals surface area contributed by atoms with E-state index in [2.05, 4.69) is 47.7 Å². The Bertz CT molecular complexity index is 868. The van der Waals surface area contributed by atoms with Crippen LogP contribution >= 0.6 is 55.1 Å². The van der Waals surface area contributed by atoms with Gasteiger partial charge in [0.1, 0.15) is 12.2 Å². The lowest BCUT2D eigenvalue weighted by atomic mass is 10.2. The average molecular weight is 524 g/mol. The number of phenolic OH excluding ortho intramolecular Hbond substituents is 1. The number of aromatic hydroxyl groups is 1.